The summed E-state index contributed by atoms with van der Waals surface area (Å²) in [5.41, 5.74) is 5.89. The number of benzene rings is 1. The zero-order valence-electron chi connectivity index (χ0n) is 9.22. The molecule has 1 aromatic carbocycles. The van der Waals surface area contributed by atoms with Crippen molar-refractivity contribution in [3.63, 3.8) is 0 Å². The van der Waals surface area contributed by atoms with Crippen LogP contribution >= 0.6 is 12.6 Å². The van der Waals surface area contributed by atoms with Gasteiger partial charge in [-0.1, -0.05) is 30.3 Å². The lowest BCUT2D eigenvalue weighted by atomic mass is 10.1. The van der Waals surface area contributed by atoms with Gasteiger partial charge >= 0.3 is 0 Å². The van der Waals surface area contributed by atoms with Gasteiger partial charge in [-0.25, -0.2) is 0 Å². The minimum absolute atomic E-state index is 0.0300. The van der Waals surface area contributed by atoms with Gasteiger partial charge < -0.3 is 0 Å². The number of hydrogen-bond acceptors (Lipinski definition) is 3. The summed E-state index contributed by atoms with van der Waals surface area (Å²) in [7, 11) is 0. The monoisotopic (exact) mass is 250 g/mol. The third-order valence-corrected chi connectivity index (χ3v) is 3.11. The van der Waals surface area contributed by atoms with E-state index in [1.165, 1.54) is 5.56 Å². The van der Waals surface area contributed by atoms with Crippen LogP contribution in [-0.2, 0) is 9.59 Å². The molecule has 2 atom stereocenters. The molecule has 1 aliphatic carbocycles. The maximum atomic E-state index is 11.7. The van der Waals surface area contributed by atoms with Gasteiger partial charge in [-0.2, -0.15) is 12.6 Å². The summed E-state index contributed by atoms with van der Waals surface area (Å²) in [6, 6.07) is 9.92. The topological polar surface area (TPSA) is 58.2 Å². The highest BCUT2D eigenvalue weighted by atomic mass is 32.1. The Balaban J connectivity index is 1.83. The molecule has 0 saturated heterocycles. The van der Waals surface area contributed by atoms with Gasteiger partial charge in [-0.05, 0) is 17.9 Å². The molecule has 0 unspecified atom stereocenters. The Morgan fingerprint density at radius 3 is 2.59 bits per heavy atom. The normalized spacial score (nSPS) is 21.7. The molecule has 4 nitrogen and oxygen atoms in total. The maximum absolute atomic E-state index is 11.7. The maximum Gasteiger partial charge on any atom is 0.248 e. The van der Waals surface area contributed by atoms with E-state index in [1.807, 2.05) is 30.3 Å². The fourth-order valence-corrected chi connectivity index (χ4v) is 1.90. The molecule has 2 amide bonds. The number of rotatable bonds is 3. The predicted octanol–water partition coefficient (Wildman–Crippen LogP) is 0.867. The van der Waals surface area contributed by atoms with Crippen molar-refractivity contribution in [1.29, 1.82) is 0 Å². The van der Waals surface area contributed by atoms with E-state index in [9.17, 15) is 9.59 Å². The summed E-state index contributed by atoms with van der Waals surface area (Å²) < 4.78 is 0. The van der Waals surface area contributed by atoms with Crippen molar-refractivity contribution >= 4 is 24.4 Å². The summed E-state index contributed by atoms with van der Waals surface area (Å²) in [6.45, 7) is 0. The molecule has 90 valence electrons. The van der Waals surface area contributed by atoms with E-state index < -0.39 is 0 Å². The van der Waals surface area contributed by atoms with Gasteiger partial charge in [0, 0.05) is 5.92 Å². The van der Waals surface area contributed by atoms with Crippen LogP contribution in [0.5, 0.6) is 0 Å². The number of thiol groups is 1. The predicted molar refractivity (Wildman–Crippen MR) is 67.4 cm³/mol. The number of hydrogen-bond donors (Lipinski definition) is 3. The van der Waals surface area contributed by atoms with Gasteiger partial charge in [-0.15, -0.1) is 0 Å². The fourth-order valence-electron chi connectivity index (χ4n) is 1.82. The molecule has 1 saturated carbocycles. The first-order valence-electron chi connectivity index (χ1n) is 5.47. The highest BCUT2D eigenvalue weighted by Gasteiger charge is 2.43. The lowest BCUT2D eigenvalue weighted by Crippen LogP contribution is -2.43. The zero-order valence-corrected chi connectivity index (χ0v) is 10.1. The summed E-state index contributed by atoms with van der Waals surface area (Å²) in [6.07, 6.45) is 0.840. The minimum Gasteiger partial charge on any atom is -0.273 e. The smallest absolute Gasteiger partial charge is 0.248 e. The second-order valence-electron chi connectivity index (χ2n) is 4.05. The molecule has 2 rings (SSSR count). The molecule has 0 aromatic heterocycles. The first-order valence-corrected chi connectivity index (χ1v) is 6.10. The first kappa shape index (κ1) is 12.0. The number of nitrogens with one attached hydrogen (secondary N) is 2. The summed E-state index contributed by atoms with van der Waals surface area (Å²) >= 11 is 3.80. The molecule has 1 fully saturated rings. The molecular formula is C12H14N2O2S. The van der Waals surface area contributed by atoms with E-state index in [1.54, 1.807) is 0 Å². The molecular weight excluding hydrogens is 236 g/mol. The molecule has 5 heteroatoms. The van der Waals surface area contributed by atoms with Crippen LogP contribution in [0.4, 0.5) is 0 Å². The Labute approximate surface area is 105 Å². The van der Waals surface area contributed by atoms with E-state index in [0.717, 1.165) is 6.42 Å². The minimum atomic E-state index is -0.307. The Kier molecular flexibility index (Phi) is 3.68. The molecule has 0 aliphatic heterocycles. The summed E-state index contributed by atoms with van der Waals surface area (Å²) in [5, 5.41) is 0. The third kappa shape index (κ3) is 3.00. The van der Waals surface area contributed by atoms with E-state index in [-0.39, 0.29) is 29.4 Å². The Bertz CT molecular complexity index is 422. The van der Waals surface area contributed by atoms with Gasteiger partial charge in [0.15, 0.2) is 0 Å². The van der Waals surface area contributed by atoms with Crippen LogP contribution in [0.25, 0.3) is 0 Å². The Hall–Kier alpha value is -1.49. The van der Waals surface area contributed by atoms with Crippen LogP contribution in [0.15, 0.2) is 30.3 Å². The van der Waals surface area contributed by atoms with Crippen LogP contribution < -0.4 is 10.9 Å². The van der Waals surface area contributed by atoms with E-state index in [0.29, 0.717) is 0 Å². The van der Waals surface area contributed by atoms with Crippen molar-refractivity contribution < 1.29 is 9.59 Å². The number of carbonyl (C=O) groups is 2. The Morgan fingerprint density at radius 1 is 1.24 bits per heavy atom. The largest absolute Gasteiger partial charge is 0.273 e. The van der Waals surface area contributed by atoms with Crippen molar-refractivity contribution in [3.8, 4) is 0 Å². The number of hydrazine groups is 1. The van der Waals surface area contributed by atoms with Crippen molar-refractivity contribution in [3.05, 3.63) is 35.9 Å². The van der Waals surface area contributed by atoms with Gasteiger partial charge in [0.1, 0.15) is 0 Å². The van der Waals surface area contributed by atoms with Crippen molar-refractivity contribution in [2.45, 2.75) is 12.3 Å². The van der Waals surface area contributed by atoms with Gasteiger partial charge in [0.25, 0.3) is 0 Å². The zero-order chi connectivity index (χ0) is 12.3. The highest BCUT2D eigenvalue weighted by Crippen LogP contribution is 2.47. The van der Waals surface area contributed by atoms with Crippen LogP contribution in [0.2, 0.25) is 0 Å². The average Bonchev–Trinajstić information content (AvgIpc) is 3.17. The quantitative estimate of drug-likeness (QED) is 0.550. The molecule has 0 radical (unpaired) electrons. The van der Waals surface area contributed by atoms with E-state index >= 15 is 0 Å². The van der Waals surface area contributed by atoms with Crippen LogP contribution in [-0.4, -0.2) is 17.6 Å². The molecule has 2 N–H and O–H groups in total. The molecule has 1 aromatic rings. The highest BCUT2D eigenvalue weighted by molar-refractivity contribution is 7.81. The molecule has 0 spiro atoms. The molecule has 0 bridgehead atoms. The first-order chi connectivity index (χ1) is 8.22. The average molecular weight is 250 g/mol. The summed E-state index contributed by atoms with van der Waals surface area (Å²) in [5.74, 6) is -0.123. The van der Waals surface area contributed by atoms with Gasteiger partial charge in [-0.3, -0.25) is 20.4 Å². The Morgan fingerprint density at radius 2 is 1.94 bits per heavy atom. The van der Waals surface area contributed by atoms with Crippen LogP contribution in [0.1, 0.15) is 17.9 Å². The molecule has 0 heterocycles. The standard InChI is InChI=1S/C12H14N2O2S/c15-11(7-17)13-14-12(16)10-6-9(10)8-4-2-1-3-5-8/h1-5,9-10,17H,6-7H2,(H,13,15)(H,14,16)/t9-,10+/m1/s1. The lowest BCUT2D eigenvalue weighted by molar-refractivity contribution is -0.128. The van der Waals surface area contributed by atoms with E-state index in [4.69, 9.17) is 0 Å². The van der Waals surface area contributed by atoms with Crippen molar-refractivity contribution in [2.24, 2.45) is 5.92 Å². The number of carbonyl (C=O) groups excluding carboxylic acids is 2. The summed E-state index contributed by atoms with van der Waals surface area (Å²) in [4.78, 5) is 22.6. The van der Waals surface area contributed by atoms with Gasteiger partial charge in [0.05, 0.1) is 5.75 Å². The van der Waals surface area contributed by atoms with Crippen LogP contribution in [0, 0.1) is 5.92 Å². The van der Waals surface area contributed by atoms with Gasteiger partial charge in [0.2, 0.25) is 11.8 Å². The van der Waals surface area contributed by atoms with Crippen molar-refractivity contribution in [2.75, 3.05) is 5.75 Å². The van der Waals surface area contributed by atoms with E-state index in [2.05, 4.69) is 23.5 Å². The lowest BCUT2D eigenvalue weighted by Gasteiger charge is -2.05. The second kappa shape index (κ2) is 5.23. The van der Waals surface area contributed by atoms with Crippen molar-refractivity contribution in [1.82, 2.24) is 10.9 Å². The number of amides is 2. The second-order valence-corrected chi connectivity index (χ2v) is 4.37. The molecule has 1 aliphatic rings. The molecule has 17 heavy (non-hydrogen) atoms. The fraction of sp³-hybridized carbons (Fsp3) is 0.333. The van der Waals surface area contributed by atoms with Crippen LogP contribution in [0.3, 0.4) is 0 Å². The SMILES string of the molecule is O=C(CS)NNC(=O)[C@H]1C[C@@H]1c1ccccc1. The third-order valence-electron chi connectivity index (χ3n) is 2.82.